The van der Waals surface area contributed by atoms with E-state index in [4.69, 9.17) is 6.42 Å². The lowest BCUT2D eigenvalue weighted by Crippen LogP contribution is -2.32. The van der Waals surface area contributed by atoms with Crippen LogP contribution < -0.4 is 4.72 Å². The van der Waals surface area contributed by atoms with Gasteiger partial charge in [0.05, 0.1) is 9.83 Å². The van der Waals surface area contributed by atoms with E-state index in [1.54, 1.807) is 12.1 Å². The Labute approximate surface area is 102 Å². The lowest BCUT2D eigenvalue weighted by atomic mass is 10.3. The molecule has 0 aromatic carbocycles. The van der Waals surface area contributed by atoms with Gasteiger partial charge in [0.15, 0.2) is 0 Å². The molecule has 0 spiro atoms. The van der Waals surface area contributed by atoms with E-state index in [0.29, 0.717) is 6.42 Å². The van der Waals surface area contributed by atoms with E-state index < -0.39 is 16.1 Å². The second-order valence-corrected chi connectivity index (χ2v) is 7.21. The summed E-state index contributed by atoms with van der Waals surface area (Å²) in [6, 6.07) is 2.78. The van der Waals surface area contributed by atoms with Crippen molar-refractivity contribution in [1.29, 1.82) is 0 Å². The third-order valence-corrected chi connectivity index (χ3v) is 5.31. The van der Waals surface area contributed by atoms with Gasteiger partial charge in [-0.1, -0.05) is 12.8 Å². The number of nitrogens with one attached hydrogen (secondary N) is 1. The molecular weight excluding hydrogens is 298 g/mol. The fraction of sp³-hybridized carbons (Fsp3) is 0.333. The van der Waals surface area contributed by atoms with Gasteiger partial charge < -0.3 is 0 Å². The zero-order chi connectivity index (χ0) is 11.5. The molecule has 0 fully saturated rings. The fourth-order valence-corrected chi connectivity index (χ4v) is 4.19. The maximum atomic E-state index is 11.8. The Bertz CT molecular complexity index is 473. The van der Waals surface area contributed by atoms with Gasteiger partial charge in [0.1, 0.15) is 4.21 Å². The van der Waals surface area contributed by atoms with E-state index in [0.717, 1.165) is 15.1 Å². The highest BCUT2D eigenvalue weighted by molar-refractivity contribution is 9.11. The first-order valence-corrected chi connectivity index (χ1v) is 7.32. The van der Waals surface area contributed by atoms with Crippen LogP contribution in [0.4, 0.5) is 0 Å². The second-order valence-electron chi connectivity index (χ2n) is 2.81. The van der Waals surface area contributed by atoms with Crippen LogP contribution in [0.15, 0.2) is 20.1 Å². The van der Waals surface area contributed by atoms with E-state index >= 15 is 0 Å². The molecule has 0 aliphatic rings. The van der Waals surface area contributed by atoms with Crippen molar-refractivity contribution in [3.63, 3.8) is 0 Å². The maximum absolute atomic E-state index is 11.8. The lowest BCUT2D eigenvalue weighted by molar-refractivity contribution is 0.572. The number of sulfonamides is 1. The molecule has 0 aliphatic carbocycles. The standard InChI is InChI=1S/C9H10BrNO2S2/c1-3-7(4-2)11-15(12,13)9-6-5-8(10)14-9/h1,5-7,11H,4H2,2H3. The van der Waals surface area contributed by atoms with E-state index in [2.05, 4.69) is 26.6 Å². The topological polar surface area (TPSA) is 46.2 Å². The minimum Gasteiger partial charge on any atom is -0.206 e. The molecule has 1 heterocycles. The first kappa shape index (κ1) is 12.7. The minimum absolute atomic E-state index is 0.267. The Kier molecular flexibility index (Phi) is 4.34. The van der Waals surface area contributed by atoms with Gasteiger partial charge in [-0.3, -0.25) is 0 Å². The van der Waals surface area contributed by atoms with Crippen LogP contribution in [0.3, 0.4) is 0 Å². The summed E-state index contributed by atoms with van der Waals surface area (Å²) in [5.74, 6) is 2.39. The van der Waals surface area contributed by atoms with Gasteiger partial charge in [0.25, 0.3) is 10.0 Å². The summed E-state index contributed by atoms with van der Waals surface area (Å²) in [6.45, 7) is 1.83. The summed E-state index contributed by atoms with van der Waals surface area (Å²) in [4.78, 5) is 0. The molecule has 0 saturated carbocycles. The van der Waals surface area contributed by atoms with Crippen LogP contribution >= 0.6 is 27.3 Å². The summed E-state index contributed by atoms with van der Waals surface area (Å²) in [7, 11) is -3.47. The molecule has 1 aromatic heterocycles. The van der Waals surface area contributed by atoms with Crippen molar-refractivity contribution in [2.24, 2.45) is 0 Å². The van der Waals surface area contributed by atoms with Crippen molar-refractivity contribution in [2.45, 2.75) is 23.6 Å². The van der Waals surface area contributed by atoms with E-state index in [1.807, 2.05) is 6.92 Å². The summed E-state index contributed by atoms with van der Waals surface area (Å²) in [5, 5.41) is 0. The van der Waals surface area contributed by atoms with Crippen LogP contribution in [0.1, 0.15) is 13.3 Å². The minimum atomic E-state index is -3.47. The quantitative estimate of drug-likeness (QED) is 0.867. The maximum Gasteiger partial charge on any atom is 0.251 e. The Morgan fingerprint density at radius 2 is 2.33 bits per heavy atom. The third kappa shape index (κ3) is 3.31. The molecule has 3 nitrogen and oxygen atoms in total. The van der Waals surface area contributed by atoms with Crippen molar-refractivity contribution in [1.82, 2.24) is 4.72 Å². The van der Waals surface area contributed by atoms with E-state index in [9.17, 15) is 8.42 Å². The summed E-state index contributed by atoms with van der Waals surface area (Å²) < 4.78 is 27.0. The van der Waals surface area contributed by atoms with Gasteiger partial charge in [-0.15, -0.1) is 17.8 Å². The number of hydrogen-bond donors (Lipinski definition) is 1. The molecule has 1 aromatic rings. The van der Waals surface area contributed by atoms with E-state index in [-0.39, 0.29) is 4.21 Å². The molecule has 6 heteroatoms. The number of rotatable bonds is 4. The molecule has 0 radical (unpaired) electrons. The normalized spacial score (nSPS) is 13.4. The highest BCUT2D eigenvalue weighted by Gasteiger charge is 2.19. The van der Waals surface area contributed by atoms with Crippen LogP contribution in [0, 0.1) is 12.3 Å². The predicted molar refractivity (Wildman–Crippen MR) is 65.3 cm³/mol. The molecule has 0 saturated heterocycles. The zero-order valence-electron chi connectivity index (χ0n) is 8.03. The van der Waals surface area contributed by atoms with Gasteiger partial charge >= 0.3 is 0 Å². The van der Waals surface area contributed by atoms with Crippen molar-refractivity contribution in [2.75, 3.05) is 0 Å². The molecule has 0 bridgehead atoms. The molecule has 82 valence electrons. The Balaban J connectivity index is 2.90. The van der Waals surface area contributed by atoms with Crippen LogP contribution in [0.25, 0.3) is 0 Å². The molecule has 1 N–H and O–H groups in total. The van der Waals surface area contributed by atoms with Gasteiger partial charge in [0.2, 0.25) is 0 Å². The number of thiophene rings is 1. The van der Waals surface area contributed by atoms with Gasteiger partial charge in [-0.2, -0.15) is 4.72 Å². The largest absolute Gasteiger partial charge is 0.251 e. The predicted octanol–water partition coefficient (Wildman–Crippen LogP) is 2.20. The van der Waals surface area contributed by atoms with Gasteiger partial charge in [-0.25, -0.2) is 8.42 Å². The highest BCUT2D eigenvalue weighted by atomic mass is 79.9. The Morgan fingerprint density at radius 3 is 2.73 bits per heavy atom. The Hall–Kier alpha value is -0.350. The first-order chi connectivity index (χ1) is 6.99. The average Bonchev–Trinajstić information content (AvgIpc) is 2.62. The molecule has 1 rings (SSSR count). The van der Waals surface area contributed by atoms with Crippen molar-refractivity contribution >= 4 is 37.3 Å². The molecular formula is C9H10BrNO2S2. The Morgan fingerprint density at radius 1 is 1.67 bits per heavy atom. The zero-order valence-corrected chi connectivity index (χ0v) is 11.2. The summed E-state index contributed by atoms with van der Waals surface area (Å²) >= 11 is 4.37. The number of terminal acetylenes is 1. The lowest BCUT2D eigenvalue weighted by Gasteiger charge is -2.09. The SMILES string of the molecule is C#CC(CC)NS(=O)(=O)c1ccc(Br)s1. The fourth-order valence-electron chi connectivity index (χ4n) is 0.923. The molecule has 0 aliphatic heterocycles. The third-order valence-electron chi connectivity index (χ3n) is 1.72. The molecule has 0 amide bonds. The van der Waals surface area contributed by atoms with Gasteiger partial charge in [-0.05, 0) is 34.5 Å². The first-order valence-electron chi connectivity index (χ1n) is 4.23. The van der Waals surface area contributed by atoms with Gasteiger partial charge in [0, 0.05) is 0 Å². The van der Waals surface area contributed by atoms with Crippen LogP contribution in [0.5, 0.6) is 0 Å². The van der Waals surface area contributed by atoms with Crippen molar-refractivity contribution < 1.29 is 8.42 Å². The van der Waals surface area contributed by atoms with Crippen LogP contribution in [0.2, 0.25) is 0 Å². The monoisotopic (exact) mass is 307 g/mol. The molecule has 1 unspecified atom stereocenters. The van der Waals surface area contributed by atoms with Crippen molar-refractivity contribution in [3.05, 3.63) is 15.9 Å². The van der Waals surface area contributed by atoms with E-state index in [1.165, 1.54) is 0 Å². The van der Waals surface area contributed by atoms with Crippen LogP contribution in [-0.4, -0.2) is 14.5 Å². The van der Waals surface area contributed by atoms with Crippen LogP contribution in [-0.2, 0) is 10.0 Å². The highest BCUT2D eigenvalue weighted by Crippen LogP contribution is 2.25. The smallest absolute Gasteiger partial charge is 0.206 e. The average molecular weight is 308 g/mol. The molecule has 15 heavy (non-hydrogen) atoms. The molecule has 1 atom stereocenters. The second kappa shape index (κ2) is 5.12. The van der Waals surface area contributed by atoms with Crippen molar-refractivity contribution in [3.8, 4) is 12.3 Å². The summed E-state index contributed by atoms with van der Waals surface area (Å²) in [6.07, 6.45) is 5.76. The number of hydrogen-bond acceptors (Lipinski definition) is 3. The number of halogens is 1. The summed E-state index contributed by atoms with van der Waals surface area (Å²) in [5.41, 5.74) is 0.